The number of carbonyl (C=O) groups excluding carboxylic acids is 2. The molecule has 2 amide bonds. The van der Waals surface area contributed by atoms with E-state index in [-0.39, 0.29) is 29.3 Å². The second-order valence-electron chi connectivity index (χ2n) is 10.3. The van der Waals surface area contributed by atoms with Crippen molar-refractivity contribution in [1.82, 2.24) is 15.0 Å². The lowest BCUT2D eigenvalue weighted by molar-refractivity contribution is -0.115. The number of nitrogens with zero attached hydrogens (tertiary/aromatic N) is 3. The number of benzene rings is 1. The van der Waals surface area contributed by atoms with Crippen LogP contribution < -0.4 is 15.4 Å². The van der Waals surface area contributed by atoms with Crippen LogP contribution in [0.5, 0.6) is 5.75 Å². The fraction of sp³-hybridized carbons (Fsp3) is 0.379. The minimum atomic E-state index is -0.348. The first-order valence-corrected chi connectivity index (χ1v) is 12.7. The molecule has 3 aromatic rings. The molecular formula is C29H33N5O4. The number of hydrogen-bond donors (Lipinski definition) is 2. The topological polar surface area (TPSA) is 110 Å². The van der Waals surface area contributed by atoms with E-state index in [9.17, 15) is 9.59 Å². The number of likely N-dealkylation sites (tertiary alicyclic amines) is 1. The predicted octanol–water partition coefficient (Wildman–Crippen LogP) is 4.48. The van der Waals surface area contributed by atoms with Crippen molar-refractivity contribution in [1.29, 1.82) is 0 Å². The van der Waals surface area contributed by atoms with Crippen LogP contribution in [-0.2, 0) is 16.6 Å². The van der Waals surface area contributed by atoms with Crippen LogP contribution in [0.1, 0.15) is 55.9 Å². The van der Waals surface area contributed by atoms with E-state index in [4.69, 9.17) is 9.26 Å². The summed E-state index contributed by atoms with van der Waals surface area (Å²) in [5, 5.41) is 9.46. The molecule has 0 bridgehead atoms. The monoisotopic (exact) mass is 515 g/mol. The highest BCUT2D eigenvalue weighted by atomic mass is 16.5. The van der Waals surface area contributed by atoms with Gasteiger partial charge in [0.15, 0.2) is 11.6 Å². The number of carbonyl (C=O) groups is 2. The lowest BCUT2D eigenvalue weighted by Gasteiger charge is -2.12. The quantitative estimate of drug-likeness (QED) is 0.447. The fourth-order valence-corrected chi connectivity index (χ4v) is 3.95. The Balaban J connectivity index is 1.24. The number of nitrogens with one attached hydrogen (secondary N) is 2. The smallest absolute Gasteiger partial charge is 0.274 e. The van der Waals surface area contributed by atoms with Crippen molar-refractivity contribution in [2.45, 2.75) is 46.0 Å². The molecule has 1 saturated heterocycles. The number of hydrogen-bond acceptors (Lipinski definition) is 7. The van der Waals surface area contributed by atoms with Gasteiger partial charge in [0, 0.05) is 29.6 Å². The van der Waals surface area contributed by atoms with E-state index in [0.29, 0.717) is 28.9 Å². The van der Waals surface area contributed by atoms with Gasteiger partial charge in [-0.1, -0.05) is 50.9 Å². The van der Waals surface area contributed by atoms with Crippen LogP contribution in [0.25, 0.3) is 0 Å². The molecule has 1 atom stereocenters. The predicted molar refractivity (Wildman–Crippen MR) is 145 cm³/mol. The fourth-order valence-electron chi connectivity index (χ4n) is 3.95. The van der Waals surface area contributed by atoms with Gasteiger partial charge in [-0.15, -0.1) is 0 Å². The molecule has 3 heterocycles. The van der Waals surface area contributed by atoms with Gasteiger partial charge in [0.05, 0.1) is 12.6 Å². The maximum absolute atomic E-state index is 12.6. The third kappa shape index (κ3) is 7.43. The van der Waals surface area contributed by atoms with Crippen molar-refractivity contribution in [2.24, 2.45) is 5.92 Å². The first-order chi connectivity index (χ1) is 18.2. The van der Waals surface area contributed by atoms with Crippen molar-refractivity contribution < 1.29 is 18.8 Å². The summed E-state index contributed by atoms with van der Waals surface area (Å²) in [4.78, 5) is 31.5. The molecule has 0 aliphatic carbocycles. The van der Waals surface area contributed by atoms with Crippen LogP contribution >= 0.6 is 0 Å². The van der Waals surface area contributed by atoms with Crippen molar-refractivity contribution >= 4 is 23.3 Å². The maximum atomic E-state index is 12.6. The van der Waals surface area contributed by atoms with E-state index in [0.717, 1.165) is 31.6 Å². The first-order valence-electron chi connectivity index (χ1n) is 12.7. The molecular weight excluding hydrogens is 482 g/mol. The molecule has 4 rings (SSSR count). The van der Waals surface area contributed by atoms with Crippen molar-refractivity contribution in [3.8, 4) is 17.8 Å². The van der Waals surface area contributed by atoms with Gasteiger partial charge in [-0.3, -0.25) is 9.59 Å². The summed E-state index contributed by atoms with van der Waals surface area (Å²) in [5.41, 5.74) is 1.45. The molecule has 0 radical (unpaired) electrons. The Morgan fingerprint density at radius 1 is 1.16 bits per heavy atom. The SMILES string of the molecule is CCN1CCC(C#COc2ccc(C(=O)Nc3ccc(CC(=O)Nc4cc(C(C)(C)C)on4)cc3)nc2)C1. The minimum absolute atomic E-state index is 0.162. The standard InChI is InChI=1S/C29H33N5O4/c1-5-34-14-12-21(19-34)13-15-37-23-10-11-24(30-18-23)28(36)31-22-8-6-20(7-9-22)16-27(35)32-26-17-25(38-33-26)29(2,3)4/h6-11,17-18,21H,5,12,14,16,19H2,1-4H3,(H,31,36)(H,32,33,35). The molecule has 1 fully saturated rings. The number of rotatable bonds is 7. The third-order valence-corrected chi connectivity index (χ3v) is 6.21. The third-order valence-electron chi connectivity index (χ3n) is 6.21. The van der Waals surface area contributed by atoms with E-state index < -0.39 is 0 Å². The second kappa shape index (κ2) is 11.9. The molecule has 198 valence electrons. The van der Waals surface area contributed by atoms with Crippen LogP contribution in [0.15, 0.2) is 53.2 Å². The van der Waals surface area contributed by atoms with Gasteiger partial charge in [-0.05, 0) is 49.3 Å². The second-order valence-corrected chi connectivity index (χ2v) is 10.3. The van der Waals surface area contributed by atoms with Gasteiger partial charge in [-0.2, -0.15) is 0 Å². The lowest BCUT2D eigenvalue weighted by atomic mass is 9.93. The zero-order valence-electron chi connectivity index (χ0n) is 22.2. The highest BCUT2D eigenvalue weighted by molar-refractivity contribution is 6.02. The molecule has 1 unspecified atom stereocenters. The maximum Gasteiger partial charge on any atom is 0.274 e. The summed E-state index contributed by atoms with van der Waals surface area (Å²) < 4.78 is 10.8. The average Bonchev–Trinajstić information content (AvgIpc) is 3.55. The van der Waals surface area contributed by atoms with Crippen molar-refractivity contribution in [2.75, 3.05) is 30.3 Å². The lowest BCUT2D eigenvalue weighted by Crippen LogP contribution is -2.19. The van der Waals surface area contributed by atoms with Crippen LogP contribution in [-0.4, -0.2) is 46.5 Å². The van der Waals surface area contributed by atoms with E-state index >= 15 is 0 Å². The molecule has 2 aromatic heterocycles. The Morgan fingerprint density at radius 3 is 2.58 bits per heavy atom. The summed E-state index contributed by atoms with van der Waals surface area (Å²) in [6, 6.07) is 12.0. The summed E-state index contributed by atoms with van der Waals surface area (Å²) in [7, 11) is 0. The zero-order valence-corrected chi connectivity index (χ0v) is 22.2. The van der Waals surface area contributed by atoms with Gasteiger partial charge in [0.1, 0.15) is 17.6 Å². The molecule has 1 aliphatic heterocycles. The summed E-state index contributed by atoms with van der Waals surface area (Å²) in [6.07, 6.45) is 5.46. The van der Waals surface area contributed by atoms with E-state index in [1.165, 1.54) is 6.20 Å². The highest BCUT2D eigenvalue weighted by Gasteiger charge is 2.21. The molecule has 1 aliphatic rings. The Kier molecular flexibility index (Phi) is 8.44. The van der Waals surface area contributed by atoms with Crippen molar-refractivity contribution in [3.05, 3.63) is 65.7 Å². The molecule has 9 nitrogen and oxygen atoms in total. The van der Waals surface area contributed by atoms with Gasteiger partial charge in [-0.25, -0.2) is 4.98 Å². The molecule has 2 N–H and O–H groups in total. The highest BCUT2D eigenvalue weighted by Crippen LogP contribution is 2.24. The van der Waals surface area contributed by atoms with Gasteiger partial charge >= 0.3 is 0 Å². The minimum Gasteiger partial charge on any atom is -0.406 e. The Hall–Kier alpha value is -4.16. The van der Waals surface area contributed by atoms with Crippen LogP contribution in [0.2, 0.25) is 0 Å². The van der Waals surface area contributed by atoms with Crippen LogP contribution in [0.4, 0.5) is 11.5 Å². The largest absolute Gasteiger partial charge is 0.406 e. The molecule has 0 spiro atoms. The van der Waals surface area contributed by atoms with Gasteiger partial charge in [0.25, 0.3) is 5.91 Å². The van der Waals surface area contributed by atoms with Crippen molar-refractivity contribution in [3.63, 3.8) is 0 Å². The Bertz CT molecular complexity index is 1310. The van der Waals surface area contributed by atoms with E-state index in [1.54, 1.807) is 42.5 Å². The molecule has 38 heavy (non-hydrogen) atoms. The first kappa shape index (κ1) is 26.9. The molecule has 9 heteroatoms. The van der Waals surface area contributed by atoms with E-state index in [1.807, 2.05) is 20.8 Å². The summed E-state index contributed by atoms with van der Waals surface area (Å²) in [5.74, 6) is 4.48. The number of anilines is 2. The van der Waals surface area contributed by atoms with Gasteiger partial charge in [0.2, 0.25) is 5.91 Å². The Labute approximate surface area is 222 Å². The number of pyridine rings is 1. The van der Waals surface area contributed by atoms with Crippen LogP contribution in [0, 0.1) is 17.9 Å². The van der Waals surface area contributed by atoms with E-state index in [2.05, 4.69) is 44.6 Å². The summed E-state index contributed by atoms with van der Waals surface area (Å²) >= 11 is 0. The summed E-state index contributed by atoms with van der Waals surface area (Å²) in [6.45, 7) is 11.3. The normalized spacial score (nSPS) is 15.4. The van der Waals surface area contributed by atoms with Crippen LogP contribution in [0.3, 0.4) is 0 Å². The number of amides is 2. The number of aromatic nitrogens is 2. The molecule has 0 saturated carbocycles. The zero-order chi connectivity index (χ0) is 27.1. The number of ether oxygens (including phenoxy) is 1. The van der Waals surface area contributed by atoms with Gasteiger partial charge < -0.3 is 24.8 Å². The Morgan fingerprint density at radius 2 is 1.95 bits per heavy atom. The average molecular weight is 516 g/mol. The molecule has 1 aromatic carbocycles.